The minimum absolute atomic E-state index is 0.0526. The summed E-state index contributed by atoms with van der Waals surface area (Å²) < 4.78 is 56.4. The van der Waals surface area contributed by atoms with E-state index in [9.17, 15) is 8.42 Å². The van der Waals surface area contributed by atoms with Crippen molar-refractivity contribution in [1.82, 2.24) is 14.5 Å². The Morgan fingerprint density at radius 2 is 1.66 bits per heavy atom. The van der Waals surface area contributed by atoms with E-state index in [4.69, 9.17) is 0 Å². The third-order valence-electron chi connectivity index (χ3n) is 8.03. The minimum Gasteiger partial charge on any atom is -0.364 e. The van der Waals surface area contributed by atoms with Gasteiger partial charge in [-0.25, -0.2) is 17.2 Å². The third-order valence-corrected chi connectivity index (χ3v) is 9.15. The summed E-state index contributed by atoms with van der Waals surface area (Å²) >= 11 is 0. The average Bonchev–Trinajstić information content (AvgIpc) is 3.47. The molecule has 0 radical (unpaired) electrons. The molecule has 2 aliphatic heterocycles. The molecule has 2 aromatic carbocycles. The van der Waals surface area contributed by atoms with Gasteiger partial charge in [-0.3, -0.25) is 9.88 Å². The number of benzene rings is 2. The van der Waals surface area contributed by atoms with E-state index in [0.717, 1.165) is 53.8 Å². The number of hydrogen-bond acceptors (Lipinski definition) is 5. The van der Waals surface area contributed by atoms with Gasteiger partial charge in [-0.1, -0.05) is 12.1 Å². The third kappa shape index (κ3) is 4.27. The first-order valence-electron chi connectivity index (χ1n) is 12.9. The summed E-state index contributed by atoms with van der Waals surface area (Å²) in [5, 5.41) is 0.922. The maximum Gasteiger partial charge on any atom is 0.175 e. The molecule has 2 fully saturated rings. The number of sulfone groups is 1. The molecule has 1 unspecified atom stereocenters. The molecule has 0 amide bonds. The molecule has 1 atom stereocenters. The van der Waals surface area contributed by atoms with Gasteiger partial charge in [-0.2, -0.15) is 0 Å². The van der Waals surface area contributed by atoms with Gasteiger partial charge in [0.2, 0.25) is 0 Å². The SMILES string of the molecule is Cc1nc(-c2cc(F)c(N3CCN4CCCC4C3)c(F)c2)cc2c1cc(-c1ccc(S(C)(=O)=O)cc1)n2C. The van der Waals surface area contributed by atoms with Crippen molar-refractivity contribution in [1.29, 1.82) is 0 Å². The van der Waals surface area contributed by atoms with E-state index in [2.05, 4.69) is 9.88 Å². The highest BCUT2D eigenvalue weighted by Crippen LogP contribution is 2.35. The summed E-state index contributed by atoms with van der Waals surface area (Å²) in [5.74, 6) is -1.13. The van der Waals surface area contributed by atoms with Crippen LogP contribution in [0.15, 0.2) is 53.4 Å². The highest BCUT2D eigenvalue weighted by Gasteiger charge is 2.32. The lowest BCUT2D eigenvalue weighted by Crippen LogP contribution is -2.50. The van der Waals surface area contributed by atoms with Gasteiger partial charge in [0, 0.05) is 61.3 Å². The molecule has 0 aliphatic carbocycles. The standard InChI is InChI=1S/C29H30F2N4O2S/c1-18-23-15-27(19-6-8-22(9-7-19)38(3,36)37)33(2)28(23)16-26(32-18)20-13-24(30)29(25(31)14-20)35-12-11-34-10-4-5-21(34)17-35/h6-9,13-16,21H,4-5,10-12,17H2,1-3H3. The van der Waals surface area contributed by atoms with Gasteiger partial charge in [-0.15, -0.1) is 0 Å². The Hall–Kier alpha value is -3.30. The number of piperazine rings is 1. The zero-order chi connectivity index (χ0) is 26.8. The maximum atomic E-state index is 15.4. The van der Waals surface area contributed by atoms with E-state index >= 15 is 8.78 Å². The summed E-state index contributed by atoms with van der Waals surface area (Å²) in [6, 6.07) is 13.7. The fourth-order valence-electron chi connectivity index (χ4n) is 5.99. The number of halogens is 2. The Morgan fingerprint density at radius 1 is 0.947 bits per heavy atom. The first kappa shape index (κ1) is 25.0. The predicted octanol–water partition coefficient (Wildman–Crippen LogP) is 5.18. The summed E-state index contributed by atoms with van der Waals surface area (Å²) in [4.78, 5) is 9.21. The average molecular weight is 537 g/mol. The van der Waals surface area contributed by atoms with E-state index < -0.39 is 21.5 Å². The lowest BCUT2D eigenvalue weighted by atomic mass is 10.1. The Bertz CT molecular complexity index is 1640. The normalized spacial score (nSPS) is 18.3. The molecule has 4 heterocycles. The number of hydrogen-bond donors (Lipinski definition) is 0. The van der Waals surface area contributed by atoms with Crippen molar-refractivity contribution in [2.75, 3.05) is 37.3 Å². The monoisotopic (exact) mass is 536 g/mol. The van der Waals surface area contributed by atoms with E-state index in [1.54, 1.807) is 24.3 Å². The minimum atomic E-state index is -3.28. The van der Waals surface area contributed by atoms with Gasteiger partial charge in [0.25, 0.3) is 0 Å². The molecule has 0 saturated carbocycles. The van der Waals surface area contributed by atoms with Crippen molar-refractivity contribution in [3.8, 4) is 22.5 Å². The molecule has 0 spiro atoms. The summed E-state index contributed by atoms with van der Waals surface area (Å²) in [5.41, 5.74) is 4.32. The number of nitrogens with zero attached hydrogens (tertiary/aromatic N) is 4. The van der Waals surface area contributed by atoms with Gasteiger partial charge in [-0.05, 0) is 68.3 Å². The molecule has 0 bridgehead atoms. The van der Waals surface area contributed by atoms with Crippen LogP contribution in [0, 0.1) is 18.6 Å². The van der Waals surface area contributed by atoms with Gasteiger partial charge < -0.3 is 9.47 Å². The Labute approximate surface area is 221 Å². The second-order valence-corrected chi connectivity index (χ2v) is 12.5. The second-order valence-electron chi connectivity index (χ2n) is 10.5. The zero-order valence-corrected chi connectivity index (χ0v) is 22.5. The predicted molar refractivity (Wildman–Crippen MR) is 146 cm³/mol. The first-order chi connectivity index (χ1) is 18.1. The Kier molecular flexibility index (Phi) is 6.03. The van der Waals surface area contributed by atoms with Crippen LogP contribution in [0.3, 0.4) is 0 Å². The van der Waals surface area contributed by atoms with E-state index in [0.29, 0.717) is 30.4 Å². The number of fused-ring (bicyclic) bond motifs is 2. The van der Waals surface area contributed by atoms with Crippen LogP contribution in [0.2, 0.25) is 0 Å². The number of rotatable bonds is 4. The van der Waals surface area contributed by atoms with Crippen molar-refractivity contribution in [2.24, 2.45) is 7.05 Å². The first-order valence-corrected chi connectivity index (χ1v) is 14.8. The zero-order valence-electron chi connectivity index (χ0n) is 21.7. The van der Waals surface area contributed by atoms with Gasteiger partial charge >= 0.3 is 0 Å². The van der Waals surface area contributed by atoms with Gasteiger partial charge in [0.1, 0.15) is 17.3 Å². The molecule has 2 aromatic heterocycles. The van der Waals surface area contributed by atoms with E-state index in [-0.39, 0.29) is 10.6 Å². The lowest BCUT2D eigenvalue weighted by Gasteiger charge is -2.39. The summed E-state index contributed by atoms with van der Waals surface area (Å²) in [6.45, 7) is 5.04. The van der Waals surface area contributed by atoms with E-state index in [1.807, 2.05) is 35.6 Å². The lowest BCUT2D eigenvalue weighted by molar-refractivity contribution is 0.229. The van der Waals surface area contributed by atoms with Crippen molar-refractivity contribution in [2.45, 2.75) is 30.7 Å². The van der Waals surface area contributed by atoms with Crippen LogP contribution in [-0.2, 0) is 16.9 Å². The molecule has 6 nitrogen and oxygen atoms in total. The largest absolute Gasteiger partial charge is 0.364 e. The quantitative estimate of drug-likeness (QED) is 0.360. The molecule has 38 heavy (non-hydrogen) atoms. The molecule has 2 aliphatic rings. The smallest absolute Gasteiger partial charge is 0.175 e. The van der Waals surface area contributed by atoms with Crippen molar-refractivity contribution >= 4 is 26.4 Å². The molecular weight excluding hydrogens is 506 g/mol. The Morgan fingerprint density at radius 3 is 2.34 bits per heavy atom. The fourth-order valence-corrected chi connectivity index (χ4v) is 6.62. The molecule has 198 valence electrons. The van der Waals surface area contributed by atoms with Crippen LogP contribution < -0.4 is 4.90 Å². The van der Waals surface area contributed by atoms with Crippen LogP contribution in [0.4, 0.5) is 14.5 Å². The van der Waals surface area contributed by atoms with Crippen LogP contribution >= 0.6 is 0 Å². The van der Waals surface area contributed by atoms with Crippen molar-refractivity contribution in [3.63, 3.8) is 0 Å². The number of aromatic nitrogens is 2. The number of anilines is 1. The molecule has 4 aromatic rings. The molecule has 0 N–H and O–H groups in total. The van der Waals surface area contributed by atoms with Crippen LogP contribution in [-0.4, -0.2) is 61.3 Å². The highest BCUT2D eigenvalue weighted by molar-refractivity contribution is 7.90. The maximum absolute atomic E-state index is 15.4. The molecule has 2 saturated heterocycles. The van der Waals surface area contributed by atoms with Gasteiger partial charge in [0.05, 0.1) is 16.1 Å². The molecule has 9 heteroatoms. The molecule has 6 rings (SSSR count). The summed E-state index contributed by atoms with van der Waals surface area (Å²) in [7, 11) is -1.37. The van der Waals surface area contributed by atoms with Crippen molar-refractivity contribution in [3.05, 3.63) is 65.9 Å². The van der Waals surface area contributed by atoms with Gasteiger partial charge in [0.15, 0.2) is 9.84 Å². The number of aryl methyl sites for hydroxylation is 2. The van der Waals surface area contributed by atoms with Crippen LogP contribution in [0.1, 0.15) is 18.5 Å². The second kappa shape index (κ2) is 9.17. The highest BCUT2D eigenvalue weighted by atomic mass is 32.2. The van der Waals surface area contributed by atoms with Crippen molar-refractivity contribution < 1.29 is 17.2 Å². The topological polar surface area (TPSA) is 58.4 Å². The van der Waals surface area contributed by atoms with Crippen LogP contribution in [0.5, 0.6) is 0 Å². The molecular formula is C29H30F2N4O2S. The van der Waals surface area contributed by atoms with Crippen LogP contribution in [0.25, 0.3) is 33.4 Å². The number of pyridine rings is 1. The van der Waals surface area contributed by atoms with E-state index in [1.165, 1.54) is 18.4 Å². The Balaban J connectivity index is 1.36. The summed E-state index contributed by atoms with van der Waals surface area (Å²) in [6.07, 6.45) is 3.40. The fraction of sp³-hybridized carbons (Fsp3) is 0.345.